The third-order valence-electron chi connectivity index (χ3n) is 5.18. The Balaban J connectivity index is 1.64. The fourth-order valence-corrected chi connectivity index (χ4v) is 3.89. The number of tetrazole rings is 1. The van der Waals surface area contributed by atoms with Crippen LogP contribution in [0.2, 0.25) is 5.15 Å². The maximum absolute atomic E-state index is 10.5. The average molecular weight is 439 g/mol. The molecular weight excluding hydrogens is 416 g/mol. The van der Waals surface area contributed by atoms with Crippen molar-refractivity contribution in [1.29, 1.82) is 0 Å². The van der Waals surface area contributed by atoms with Crippen LogP contribution in [0.25, 0.3) is 22.5 Å². The zero-order valence-corrected chi connectivity index (χ0v) is 17.8. The summed E-state index contributed by atoms with van der Waals surface area (Å²) in [6.45, 7) is 2.19. The number of aromatic nitrogens is 6. The normalized spacial score (nSPS) is 12.3. The zero-order valence-electron chi connectivity index (χ0n) is 17.0. The van der Waals surface area contributed by atoms with Gasteiger partial charge in [0, 0.05) is 12.1 Å². The van der Waals surface area contributed by atoms with E-state index in [1.54, 1.807) is 4.57 Å². The Kier molecular flexibility index (Phi) is 6.41. The summed E-state index contributed by atoms with van der Waals surface area (Å²) < 4.78 is 1.80. The number of halogens is 1. The highest BCUT2D eigenvalue weighted by Crippen LogP contribution is 2.30. The molecule has 4 rings (SSSR count). The third kappa shape index (κ3) is 4.36. The van der Waals surface area contributed by atoms with Crippen LogP contribution in [0.4, 0.5) is 0 Å². The molecule has 31 heavy (non-hydrogen) atoms. The molecule has 2 heterocycles. The Hall–Kier alpha value is -3.07. The molecule has 4 aromatic rings. The molecule has 0 saturated heterocycles. The molecule has 1 atom stereocenters. The van der Waals surface area contributed by atoms with Gasteiger partial charge in [0.2, 0.25) is 5.82 Å². The van der Waals surface area contributed by atoms with Crippen molar-refractivity contribution in [2.45, 2.75) is 39.0 Å². The van der Waals surface area contributed by atoms with Crippen molar-refractivity contribution in [2.24, 2.45) is 0 Å². The number of aliphatic hydroxyl groups is 2. The lowest BCUT2D eigenvalue weighted by Gasteiger charge is -2.15. The molecule has 0 aliphatic heterocycles. The molecule has 2 aromatic carbocycles. The average Bonchev–Trinajstić information content (AvgIpc) is 3.43. The first-order chi connectivity index (χ1) is 15.1. The van der Waals surface area contributed by atoms with Gasteiger partial charge in [-0.25, -0.2) is 4.98 Å². The fraction of sp³-hybridized carbons (Fsp3) is 0.273. The van der Waals surface area contributed by atoms with Gasteiger partial charge in [-0.05, 0) is 28.3 Å². The number of rotatable bonds is 8. The van der Waals surface area contributed by atoms with Crippen LogP contribution in [0.1, 0.15) is 43.0 Å². The van der Waals surface area contributed by atoms with Crippen LogP contribution in [-0.4, -0.2) is 40.4 Å². The molecule has 2 aromatic heterocycles. The van der Waals surface area contributed by atoms with Gasteiger partial charge in [-0.3, -0.25) is 0 Å². The molecule has 160 valence electrons. The largest absolute Gasteiger partial charge is 0.390 e. The van der Waals surface area contributed by atoms with Crippen molar-refractivity contribution in [3.63, 3.8) is 0 Å². The molecule has 0 bridgehead atoms. The molecule has 3 N–H and O–H groups in total. The number of nitrogens with one attached hydrogen (secondary N) is 1. The highest BCUT2D eigenvalue weighted by molar-refractivity contribution is 6.30. The van der Waals surface area contributed by atoms with E-state index in [2.05, 4.69) is 25.6 Å². The van der Waals surface area contributed by atoms with Crippen LogP contribution in [0, 0.1) is 0 Å². The Labute approximate surface area is 184 Å². The van der Waals surface area contributed by atoms with Gasteiger partial charge >= 0.3 is 0 Å². The molecule has 0 aliphatic carbocycles. The maximum atomic E-state index is 10.5. The van der Waals surface area contributed by atoms with E-state index in [9.17, 15) is 10.2 Å². The summed E-state index contributed by atoms with van der Waals surface area (Å²) >= 11 is 6.21. The first-order valence-corrected chi connectivity index (χ1v) is 10.5. The molecule has 0 amide bonds. The van der Waals surface area contributed by atoms with Gasteiger partial charge in [-0.15, -0.1) is 10.2 Å². The van der Waals surface area contributed by atoms with Crippen molar-refractivity contribution in [1.82, 2.24) is 30.2 Å². The second kappa shape index (κ2) is 9.38. The maximum Gasteiger partial charge on any atom is 0.205 e. The number of aromatic amines is 1. The Morgan fingerprint density at radius 3 is 2.48 bits per heavy atom. The van der Waals surface area contributed by atoms with Crippen LogP contribution < -0.4 is 0 Å². The molecular formula is C22H23ClN6O2. The molecule has 8 nitrogen and oxygen atoms in total. The van der Waals surface area contributed by atoms with E-state index in [4.69, 9.17) is 11.6 Å². The van der Waals surface area contributed by atoms with Crippen molar-refractivity contribution < 1.29 is 10.2 Å². The van der Waals surface area contributed by atoms with E-state index < -0.39 is 6.10 Å². The number of hydrogen-bond acceptors (Lipinski definition) is 6. The summed E-state index contributed by atoms with van der Waals surface area (Å²) in [5, 5.41) is 34.8. The summed E-state index contributed by atoms with van der Waals surface area (Å²) in [6, 6.07) is 15.9. The highest BCUT2D eigenvalue weighted by Gasteiger charge is 2.21. The van der Waals surface area contributed by atoms with Crippen molar-refractivity contribution in [3.8, 4) is 22.5 Å². The molecule has 0 unspecified atom stereocenters. The van der Waals surface area contributed by atoms with E-state index in [1.807, 2.05) is 55.5 Å². The Morgan fingerprint density at radius 2 is 1.84 bits per heavy atom. The quantitative estimate of drug-likeness (QED) is 0.386. The number of aliphatic hydroxyl groups excluding tert-OH is 2. The third-order valence-corrected chi connectivity index (χ3v) is 5.48. The van der Waals surface area contributed by atoms with E-state index in [1.165, 1.54) is 0 Å². The monoisotopic (exact) mass is 438 g/mol. The smallest absolute Gasteiger partial charge is 0.205 e. The first kappa shape index (κ1) is 21.2. The number of imidazole rings is 1. The lowest BCUT2D eigenvalue weighted by atomic mass is 9.98. The van der Waals surface area contributed by atoms with Crippen molar-refractivity contribution in [2.75, 3.05) is 0 Å². The minimum absolute atomic E-state index is 0.221. The van der Waals surface area contributed by atoms with Gasteiger partial charge in [-0.1, -0.05) is 73.5 Å². The van der Waals surface area contributed by atoms with Crippen LogP contribution >= 0.6 is 11.6 Å². The summed E-state index contributed by atoms with van der Waals surface area (Å²) in [5.74, 6) is 1.01. The van der Waals surface area contributed by atoms with Crippen LogP contribution in [0.15, 0.2) is 48.5 Å². The molecule has 0 radical (unpaired) electrons. The van der Waals surface area contributed by atoms with Crippen LogP contribution in [0.3, 0.4) is 0 Å². The van der Waals surface area contributed by atoms with E-state index in [0.717, 1.165) is 28.7 Å². The van der Waals surface area contributed by atoms with E-state index in [0.29, 0.717) is 30.3 Å². The Morgan fingerprint density at radius 1 is 1.10 bits per heavy atom. The first-order valence-electron chi connectivity index (χ1n) is 10.1. The summed E-state index contributed by atoms with van der Waals surface area (Å²) in [5.41, 5.74) is 4.39. The molecule has 0 fully saturated rings. The topological polar surface area (TPSA) is 113 Å². The number of H-pyrrole nitrogens is 1. The predicted octanol–water partition coefficient (Wildman–Crippen LogP) is 3.76. The van der Waals surface area contributed by atoms with Crippen molar-refractivity contribution >= 4 is 11.6 Å². The van der Waals surface area contributed by atoms with Gasteiger partial charge < -0.3 is 14.8 Å². The van der Waals surface area contributed by atoms with Crippen LogP contribution in [-0.2, 0) is 13.2 Å². The standard InChI is InChI=1S/C22H23ClN6O2/c1-2-5-19(31)22-24-20(23)18(13-30)29(22)12-14-8-10-15(11-9-14)16-6-3-4-7-17(16)21-25-27-28-26-21/h3-4,6-11,19,30-31H,2,5,12-13H2,1H3,(H,25,26,27,28)/t19-/m1/s1. The van der Waals surface area contributed by atoms with Gasteiger partial charge in [0.05, 0.1) is 12.3 Å². The molecule has 9 heteroatoms. The molecule has 0 saturated carbocycles. The number of hydrogen-bond donors (Lipinski definition) is 3. The summed E-state index contributed by atoms with van der Waals surface area (Å²) in [6.07, 6.45) is 0.655. The zero-order chi connectivity index (χ0) is 21.8. The number of benzene rings is 2. The predicted molar refractivity (Wildman–Crippen MR) is 117 cm³/mol. The lowest BCUT2D eigenvalue weighted by Crippen LogP contribution is -2.12. The second-order valence-electron chi connectivity index (χ2n) is 7.23. The number of nitrogens with zero attached hydrogens (tertiary/aromatic N) is 5. The van der Waals surface area contributed by atoms with Gasteiger partial charge in [0.1, 0.15) is 11.9 Å². The SMILES string of the molecule is CCC[C@@H](O)c1nc(Cl)c(CO)n1Cc1ccc(-c2ccccc2-c2nn[nH]n2)cc1. The second-order valence-corrected chi connectivity index (χ2v) is 7.59. The lowest BCUT2D eigenvalue weighted by molar-refractivity contribution is 0.151. The summed E-state index contributed by atoms with van der Waals surface area (Å²) in [7, 11) is 0. The Bertz CT molecular complexity index is 1140. The van der Waals surface area contributed by atoms with Crippen LogP contribution in [0.5, 0.6) is 0 Å². The van der Waals surface area contributed by atoms with Gasteiger partial charge in [0.25, 0.3) is 0 Å². The minimum atomic E-state index is -0.732. The van der Waals surface area contributed by atoms with E-state index in [-0.39, 0.29) is 11.8 Å². The fourth-order valence-electron chi connectivity index (χ4n) is 3.64. The molecule has 0 spiro atoms. The van der Waals surface area contributed by atoms with Gasteiger partial charge in [0.15, 0.2) is 5.15 Å². The minimum Gasteiger partial charge on any atom is -0.390 e. The highest BCUT2D eigenvalue weighted by atomic mass is 35.5. The van der Waals surface area contributed by atoms with Crippen molar-refractivity contribution in [3.05, 3.63) is 70.8 Å². The molecule has 0 aliphatic rings. The van der Waals surface area contributed by atoms with E-state index >= 15 is 0 Å². The summed E-state index contributed by atoms with van der Waals surface area (Å²) in [4.78, 5) is 4.30. The van der Waals surface area contributed by atoms with Gasteiger partial charge in [-0.2, -0.15) is 5.21 Å².